The van der Waals surface area contributed by atoms with Gasteiger partial charge in [-0.1, -0.05) is 60.1 Å². The third-order valence-corrected chi connectivity index (χ3v) is 6.39. The Bertz CT molecular complexity index is 1200. The number of hydrogen-bond acceptors (Lipinski definition) is 4. The molecule has 7 heteroatoms. The molecular formula is C28H28ClNO5. The molecule has 0 unspecified atom stereocenters. The Kier molecular flexibility index (Phi) is 7.43. The number of amides is 1. The largest absolute Gasteiger partial charge is 0.482 e. The molecule has 4 rings (SSSR count). The van der Waals surface area contributed by atoms with E-state index < -0.39 is 24.2 Å². The third-order valence-electron chi connectivity index (χ3n) is 6.13. The van der Waals surface area contributed by atoms with Gasteiger partial charge in [-0.25, -0.2) is 4.79 Å². The fraction of sp³-hybridized carbons (Fsp3) is 0.286. The molecule has 1 saturated heterocycles. The summed E-state index contributed by atoms with van der Waals surface area (Å²) in [4.78, 5) is 23.3. The summed E-state index contributed by atoms with van der Waals surface area (Å²) in [5.41, 5.74) is 3.12. The zero-order chi connectivity index (χ0) is 25.0. The van der Waals surface area contributed by atoms with E-state index in [4.69, 9.17) is 21.1 Å². The van der Waals surface area contributed by atoms with Crippen molar-refractivity contribution < 1.29 is 24.2 Å². The van der Waals surface area contributed by atoms with Gasteiger partial charge in [0.2, 0.25) is 5.91 Å². The van der Waals surface area contributed by atoms with E-state index in [0.29, 0.717) is 23.6 Å². The summed E-state index contributed by atoms with van der Waals surface area (Å²) in [5, 5.41) is 12.9. The van der Waals surface area contributed by atoms with Crippen molar-refractivity contribution >= 4 is 23.5 Å². The number of carboxylic acids is 1. The molecule has 0 saturated carbocycles. The highest BCUT2D eigenvalue weighted by Gasteiger charge is 2.41. The predicted molar refractivity (Wildman–Crippen MR) is 134 cm³/mol. The van der Waals surface area contributed by atoms with Crippen LogP contribution in [0.25, 0.3) is 11.1 Å². The second kappa shape index (κ2) is 10.5. The van der Waals surface area contributed by atoms with Gasteiger partial charge in [-0.3, -0.25) is 4.79 Å². The number of hydrogen-bond donors (Lipinski definition) is 2. The third kappa shape index (κ3) is 6.21. The minimum absolute atomic E-state index is 0.122. The smallest absolute Gasteiger partial charge is 0.341 e. The van der Waals surface area contributed by atoms with Crippen molar-refractivity contribution in [1.82, 2.24) is 5.32 Å². The van der Waals surface area contributed by atoms with Gasteiger partial charge in [0.15, 0.2) is 6.61 Å². The average molecular weight is 494 g/mol. The van der Waals surface area contributed by atoms with Gasteiger partial charge < -0.3 is 19.9 Å². The molecule has 3 aromatic rings. The summed E-state index contributed by atoms with van der Waals surface area (Å²) < 4.78 is 12.3. The minimum Gasteiger partial charge on any atom is -0.482 e. The van der Waals surface area contributed by atoms with Crippen molar-refractivity contribution in [2.75, 3.05) is 6.61 Å². The number of carboxylic acid groups (broad SMARTS) is 1. The van der Waals surface area contributed by atoms with E-state index in [-0.39, 0.29) is 12.0 Å². The van der Waals surface area contributed by atoms with Crippen LogP contribution in [0.2, 0.25) is 5.02 Å². The highest BCUT2D eigenvalue weighted by atomic mass is 35.5. The van der Waals surface area contributed by atoms with Gasteiger partial charge in [0.1, 0.15) is 5.75 Å². The van der Waals surface area contributed by atoms with Gasteiger partial charge in [-0.2, -0.15) is 0 Å². The lowest BCUT2D eigenvalue weighted by Crippen LogP contribution is -2.50. The first-order valence-electron chi connectivity index (χ1n) is 11.5. The van der Waals surface area contributed by atoms with Gasteiger partial charge >= 0.3 is 5.97 Å². The zero-order valence-electron chi connectivity index (χ0n) is 19.7. The summed E-state index contributed by atoms with van der Waals surface area (Å²) in [6.45, 7) is 3.05. The SMILES string of the molecule is CC(=O)N[C@@]1(C)C[C@@H](c2ccc(Cl)cc2)O[C@@H](c2cc(-c3ccccc3)ccc2OCC(=O)O)C1. The lowest BCUT2D eigenvalue weighted by Gasteiger charge is -2.43. The number of carbonyl (C=O) groups excluding carboxylic acids is 1. The Morgan fingerprint density at radius 3 is 2.37 bits per heavy atom. The maximum Gasteiger partial charge on any atom is 0.341 e. The van der Waals surface area contributed by atoms with Crippen LogP contribution in [0.1, 0.15) is 50.0 Å². The van der Waals surface area contributed by atoms with Crippen molar-refractivity contribution in [2.24, 2.45) is 0 Å². The van der Waals surface area contributed by atoms with Crippen molar-refractivity contribution in [3.05, 3.63) is 88.9 Å². The van der Waals surface area contributed by atoms with Gasteiger partial charge in [0, 0.05) is 35.9 Å². The summed E-state index contributed by atoms with van der Waals surface area (Å²) in [6, 6.07) is 23.0. The van der Waals surface area contributed by atoms with Crippen LogP contribution < -0.4 is 10.1 Å². The maximum absolute atomic E-state index is 12.1. The quantitative estimate of drug-likeness (QED) is 0.424. The van der Waals surface area contributed by atoms with E-state index >= 15 is 0 Å². The molecule has 1 heterocycles. The fourth-order valence-corrected chi connectivity index (χ4v) is 4.79. The standard InChI is InChI=1S/C28H28ClNO5/c1-18(31)30-28(2)15-25(20-8-11-22(29)12-9-20)35-26(16-28)23-14-21(19-6-4-3-5-7-19)10-13-24(23)34-17-27(32)33/h3-14,25-26H,15-17H2,1-2H3,(H,30,31)(H,32,33)/t25-,26+,28-/m0/s1. The maximum atomic E-state index is 12.1. The molecule has 0 aliphatic carbocycles. The lowest BCUT2D eigenvalue weighted by atomic mass is 9.81. The Morgan fingerprint density at radius 2 is 1.71 bits per heavy atom. The van der Waals surface area contributed by atoms with Gasteiger partial charge in [-0.15, -0.1) is 0 Å². The van der Waals surface area contributed by atoms with Crippen LogP contribution in [-0.4, -0.2) is 29.1 Å². The summed E-state index contributed by atoms with van der Waals surface area (Å²) in [7, 11) is 0. The van der Waals surface area contributed by atoms with Gasteiger partial charge in [-0.05, 0) is 47.9 Å². The second-order valence-electron chi connectivity index (χ2n) is 9.12. The molecule has 1 amide bonds. The number of benzene rings is 3. The fourth-order valence-electron chi connectivity index (χ4n) is 4.66. The second-order valence-corrected chi connectivity index (χ2v) is 9.55. The molecule has 182 valence electrons. The normalized spacial score (nSPS) is 21.8. The molecule has 1 aliphatic rings. The molecule has 0 spiro atoms. The van der Waals surface area contributed by atoms with Gasteiger partial charge in [0.25, 0.3) is 0 Å². The van der Waals surface area contributed by atoms with Crippen LogP contribution in [0.5, 0.6) is 5.75 Å². The molecule has 35 heavy (non-hydrogen) atoms. The number of halogens is 1. The van der Waals surface area contributed by atoms with Crippen molar-refractivity contribution in [3.8, 4) is 16.9 Å². The molecule has 1 fully saturated rings. The number of aliphatic carboxylic acids is 1. The lowest BCUT2D eigenvalue weighted by molar-refractivity contribution is -0.139. The average Bonchev–Trinajstić information content (AvgIpc) is 2.82. The van der Waals surface area contributed by atoms with Crippen molar-refractivity contribution in [1.29, 1.82) is 0 Å². The number of rotatable bonds is 7. The highest BCUT2D eigenvalue weighted by Crippen LogP contribution is 2.46. The van der Waals surface area contributed by atoms with Crippen molar-refractivity contribution in [3.63, 3.8) is 0 Å². The van der Waals surface area contributed by atoms with Crippen LogP contribution in [-0.2, 0) is 14.3 Å². The van der Waals surface area contributed by atoms with E-state index in [9.17, 15) is 14.7 Å². The van der Waals surface area contributed by atoms with Gasteiger partial charge in [0.05, 0.1) is 12.2 Å². The molecule has 2 N–H and O–H groups in total. The predicted octanol–water partition coefficient (Wildman–Crippen LogP) is 5.96. The van der Waals surface area contributed by atoms with E-state index in [1.165, 1.54) is 6.92 Å². The van der Waals surface area contributed by atoms with E-state index in [0.717, 1.165) is 22.3 Å². The molecule has 3 atom stereocenters. The molecule has 0 bridgehead atoms. The van der Waals surface area contributed by atoms with Crippen molar-refractivity contribution in [2.45, 2.75) is 44.4 Å². The molecular weight excluding hydrogens is 466 g/mol. The monoisotopic (exact) mass is 493 g/mol. The topological polar surface area (TPSA) is 84.9 Å². The summed E-state index contributed by atoms with van der Waals surface area (Å²) >= 11 is 6.09. The minimum atomic E-state index is -1.06. The zero-order valence-corrected chi connectivity index (χ0v) is 20.4. The van der Waals surface area contributed by atoms with Crippen LogP contribution in [0.3, 0.4) is 0 Å². The Labute approximate surface area is 209 Å². The first-order chi connectivity index (χ1) is 16.7. The molecule has 6 nitrogen and oxygen atoms in total. The number of carbonyl (C=O) groups is 2. The number of nitrogens with one attached hydrogen (secondary N) is 1. The number of ether oxygens (including phenoxy) is 2. The first-order valence-corrected chi connectivity index (χ1v) is 11.8. The summed E-state index contributed by atoms with van der Waals surface area (Å²) in [5.74, 6) is -0.739. The van der Waals surface area contributed by atoms with Crippen LogP contribution >= 0.6 is 11.6 Å². The van der Waals surface area contributed by atoms with E-state index in [2.05, 4.69) is 5.32 Å². The highest BCUT2D eigenvalue weighted by molar-refractivity contribution is 6.30. The molecule has 0 radical (unpaired) electrons. The Hall–Kier alpha value is -3.35. The molecule has 0 aromatic heterocycles. The Morgan fingerprint density at radius 1 is 1.03 bits per heavy atom. The van der Waals surface area contributed by atoms with E-state index in [1.54, 1.807) is 6.07 Å². The van der Waals surface area contributed by atoms with Crippen LogP contribution in [0.15, 0.2) is 72.8 Å². The van der Waals surface area contributed by atoms with E-state index in [1.807, 2.05) is 73.7 Å². The molecule has 3 aromatic carbocycles. The van der Waals surface area contributed by atoms with Crippen LogP contribution in [0, 0.1) is 0 Å². The molecule has 1 aliphatic heterocycles. The van der Waals surface area contributed by atoms with Crippen LogP contribution in [0.4, 0.5) is 0 Å². The summed E-state index contributed by atoms with van der Waals surface area (Å²) in [6.07, 6.45) is 0.316. The Balaban J connectivity index is 1.76. The first kappa shape index (κ1) is 24.8.